The van der Waals surface area contributed by atoms with E-state index in [9.17, 15) is 12.8 Å². The summed E-state index contributed by atoms with van der Waals surface area (Å²) in [6.45, 7) is 1.89. The minimum absolute atomic E-state index is 0.0241. The number of aryl methyl sites for hydroxylation is 1. The predicted octanol–water partition coefficient (Wildman–Crippen LogP) is 1.73. The quantitative estimate of drug-likeness (QED) is 0.835. The van der Waals surface area contributed by atoms with Crippen LogP contribution in [0.4, 0.5) is 4.39 Å². The van der Waals surface area contributed by atoms with Gasteiger partial charge in [-0.3, -0.25) is 9.30 Å². The third-order valence-electron chi connectivity index (χ3n) is 3.02. The van der Waals surface area contributed by atoms with Gasteiger partial charge in [0.1, 0.15) is 6.67 Å². The average Bonchev–Trinajstić information content (AvgIpc) is 2.38. The van der Waals surface area contributed by atoms with E-state index in [1.807, 2.05) is 6.92 Å². The highest BCUT2D eigenvalue weighted by molar-refractivity contribution is 7.89. The van der Waals surface area contributed by atoms with Crippen molar-refractivity contribution in [2.45, 2.75) is 11.8 Å². The summed E-state index contributed by atoms with van der Waals surface area (Å²) in [5.41, 5.74) is 0.960. The maximum Gasteiger partial charge on any atom is 0.265 e. The number of rotatable bonds is 2. The minimum atomic E-state index is -3.76. The molecule has 0 unspecified atom stereocenters. The van der Waals surface area contributed by atoms with Crippen molar-refractivity contribution < 1.29 is 12.8 Å². The van der Waals surface area contributed by atoms with Crippen LogP contribution in [0.25, 0.3) is 0 Å². The zero-order chi connectivity index (χ0) is 14.9. The van der Waals surface area contributed by atoms with Crippen molar-refractivity contribution in [3.63, 3.8) is 0 Å². The molecule has 0 saturated carbocycles. The van der Waals surface area contributed by atoms with Crippen LogP contribution in [0.15, 0.2) is 46.2 Å². The molecule has 108 valence electrons. The monoisotopic (exact) mass is 297 g/mol. The van der Waals surface area contributed by atoms with E-state index in [0.29, 0.717) is 0 Å². The number of likely N-dealkylation sites (N-methyl/N-ethyl adjacent to an activating group) is 1. The van der Waals surface area contributed by atoms with Crippen molar-refractivity contribution in [2.24, 2.45) is 4.99 Å². The van der Waals surface area contributed by atoms with E-state index < -0.39 is 15.9 Å². The average molecular weight is 297 g/mol. The summed E-state index contributed by atoms with van der Waals surface area (Å²) < 4.78 is 39.7. The molecule has 0 saturated heterocycles. The molecule has 1 aliphatic rings. The number of hydrogen-bond acceptors (Lipinski definition) is 3. The molecule has 20 heavy (non-hydrogen) atoms. The standard InChI is InChI=1S/C13H16FN3O2S/c1-10-4-6-11(7-5-10)20(18,19)17-8-12(14)13(15-2)16(3)9-17/h4-8H,9H2,1-3H3/b15-13-. The Balaban J connectivity index is 2.41. The third-order valence-corrected chi connectivity index (χ3v) is 4.73. The molecule has 0 amide bonds. The van der Waals surface area contributed by atoms with E-state index in [-0.39, 0.29) is 17.4 Å². The molecule has 5 nitrogen and oxygen atoms in total. The Labute approximate surface area is 118 Å². The van der Waals surface area contributed by atoms with Gasteiger partial charge >= 0.3 is 0 Å². The number of hydrogen-bond donors (Lipinski definition) is 0. The van der Waals surface area contributed by atoms with Crippen LogP contribution >= 0.6 is 0 Å². The van der Waals surface area contributed by atoms with Gasteiger partial charge in [-0.15, -0.1) is 0 Å². The Bertz CT molecular complexity index is 665. The minimum Gasteiger partial charge on any atom is -0.339 e. The van der Waals surface area contributed by atoms with Crippen molar-refractivity contribution in [3.8, 4) is 0 Å². The Kier molecular flexibility index (Phi) is 3.80. The number of aliphatic imine (C=N–C) groups is 1. The van der Waals surface area contributed by atoms with Gasteiger partial charge in [0.25, 0.3) is 10.0 Å². The third kappa shape index (κ3) is 2.53. The van der Waals surface area contributed by atoms with Gasteiger partial charge in [-0.25, -0.2) is 12.8 Å². The molecular formula is C13H16FN3O2S. The summed E-state index contributed by atoms with van der Waals surface area (Å²) in [5.74, 6) is -0.530. The topological polar surface area (TPSA) is 53.0 Å². The SMILES string of the molecule is C/N=C1/C(F)=CN(S(=O)(=O)c2ccc(C)cc2)CN1C. The van der Waals surface area contributed by atoms with Gasteiger partial charge in [-0.05, 0) is 19.1 Å². The van der Waals surface area contributed by atoms with Gasteiger partial charge in [0.05, 0.1) is 11.1 Å². The van der Waals surface area contributed by atoms with Crippen LogP contribution in [0.1, 0.15) is 5.56 Å². The molecule has 0 atom stereocenters. The molecule has 1 aliphatic heterocycles. The lowest BCUT2D eigenvalue weighted by molar-refractivity contribution is 0.341. The lowest BCUT2D eigenvalue weighted by Gasteiger charge is -2.32. The zero-order valence-electron chi connectivity index (χ0n) is 11.5. The molecule has 0 N–H and O–H groups in total. The summed E-state index contributed by atoms with van der Waals surface area (Å²) in [6.07, 6.45) is 0.970. The Morgan fingerprint density at radius 3 is 2.35 bits per heavy atom. The second kappa shape index (κ2) is 5.24. The van der Waals surface area contributed by atoms with Crippen molar-refractivity contribution in [3.05, 3.63) is 41.9 Å². The summed E-state index contributed by atoms with van der Waals surface area (Å²) in [6, 6.07) is 6.44. The van der Waals surface area contributed by atoms with Crippen molar-refractivity contribution in [2.75, 3.05) is 20.8 Å². The first-order valence-corrected chi connectivity index (χ1v) is 7.44. The lowest BCUT2D eigenvalue weighted by atomic mass is 10.2. The van der Waals surface area contributed by atoms with Crippen LogP contribution in [0.5, 0.6) is 0 Å². The van der Waals surface area contributed by atoms with Crippen molar-refractivity contribution >= 4 is 15.9 Å². The second-order valence-corrected chi connectivity index (χ2v) is 6.46. The molecule has 1 heterocycles. The molecule has 0 spiro atoms. The Morgan fingerprint density at radius 1 is 1.25 bits per heavy atom. The first-order chi connectivity index (χ1) is 9.36. The normalized spacial score (nSPS) is 18.4. The van der Waals surface area contributed by atoms with E-state index in [1.54, 1.807) is 19.2 Å². The molecule has 1 aromatic rings. The molecule has 0 aliphatic carbocycles. The second-order valence-electron chi connectivity index (χ2n) is 4.57. The smallest absolute Gasteiger partial charge is 0.265 e. The van der Waals surface area contributed by atoms with Crippen LogP contribution in [-0.2, 0) is 10.0 Å². The first kappa shape index (κ1) is 14.5. The van der Waals surface area contributed by atoms with Crippen LogP contribution in [0.2, 0.25) is 0 Å². The van der Waals surface area contributed by atoms with E-state index in [0.717, 1.165) is 16.1 Å². The molecule has 0 bridgehead atoms. The highest BCUT2D eigenvalue weighted by Gasteiger charge is 2.29. The Morgan fingerprint density at radius 2 is 1.85 bits per heavy atom. The molecule has 0 aromatic heterocycles. The van der Waals surface area contributed by atoms with Gasteiger partial charge in [-0.1, -0.05) is 17.7 Å². The number of nitrogens with zero attached hydrogens (tertiary/aromatic N) is 3. The summed E-state index contributed by atoms with van der Waals surface area (Å²) in [7, 11) is -0.704. The Hall–Kier alpha value is -1.89. The number of halogens is 1. The van der Waals surface area contributed by atoms with E-state index >= 15 is 0 Å². The maximum atomic E-state index is 13.8. The zero-order valence-corrected chi connectivity index (χ0v) is 12.4. The molecular weight excluding hydrogens is 281 g/mol. The first-order valence-electron chi connectivity index (χ1n) is 6.00. The fraction of sp³-hybridized carbons (Fsp3) is 0.308. The molecule has 1 aromatic carbocycles. The number of amidine groups is 1. The molecule has 7 heteroatoms. The van der Waals surface area contributed by atoms with Crippen LogP contribution in [0.3, 0.4) is 0 Å². The highest BCUT2D eigenvalue weighted by atomic mass is 32.2. The number of benzene rings is 1. The van der Waals surface area contributed by atoms with E-state index in [1.165, 1.54) is 24.1 Å². The van der Waals surface area contributed by atoms with Crippen LogP contribution < -0.4 is 0 Å². The van der Waals surface area contributed by atoms with Gasteiger partial charge in [0, 0.05) is 14.1 Å². The van der Waals surface area contributed by atoms with E-state index in [2.05, 4.69) is 4.99 Å². The van der Waals surface area contributed by atoms with Crippen LogP contribution in [0, 0.1) is 6.92 Å². The van der Waals surface area contributed by atoms with Gasteiger partial charge in [0.15, 0.2) is 11.7 Å². The summed E-state index contributed by atoms with van der Waals surface area (Å²) >= 11 is 0. The van der Waals surface area contributed by atoms with Crippen molar-refractivity contribution in [1.29, 1.82) is 0 Å². The molecule has 2 rings (SSSR count). The fourth-order valence-corrected chi connectivity index (χ4v) is 3.26. The van der Waals surface area contributed by atoms with Gasteiger partial charge < -0.3 is 4.90 Å². The van der Waals surface area contributed by atoms with Crippen molar-refractivity contribution in [1.82, 2.24) is 9.21 Å². The summed E-state index contributed by atoms with van der Waals surface area (Å²) in [4.78, 5) is 5.37. The van der Waals surface area contributed by atoms with Gasteiger partial charge in [0.2, 0.25) is 0 Å². The predicted molar refractivity (Wildman–Crippen MR) is 75.4 cm³/mol. The molecule has 0 radical (unpaired) electrons. The number of sulfonamides is 1. The van der Waals surface area contributed by atoms with E-state index in [4.69, 9.17) is 0 Å². The lowest BCUT2D eigenvalue weighted by Crippen LogP contribution is -2.44. The van der Waals surface area contributed by atoms with Crippen LogP contribution in [-0.4, -0.2) is 44.2 Å². The van der Waals surface area contributed by atoms with Gasteiger partial charge in [-0.2, -0.15) is 0 Å². The maximum absolute atomic E-state index is 13.8. The highest BCUT2D eigenvalue weighted by Crippen LogP contribution is 2.22. The largest absolute Gasteiger partial charge is 0.339 e. The fourth-order valence-electron chi connectivity index (χ4n) is 1.95. The molecule has 0 fully saturated rings. The summed E-state index contributed by atoms with van der Waals surface area (Å²) in [5, 5.41) is 0.